The Balaban J connectivity index is 1.86. The minimum atomic E-state index is -4.40. The van der Waals surface area contributed by atoms with Crippen molar-refractivity contribution in [2.75, 3.05) is 6.61 Å². The molecule has 3 aromatic rings. The molecule has 29 heavy (non-hydrogen) atoms. The zero-order chi connectivity index (χ0) is 20.8. The lowest BCUT2D eigenvalue weighted by Gasteiger charge is -2.21. The second kappa shape index (κ2) is 6.76. The van der Waals surface area contributed by atoms with Gasteiger partial charge < -0.3 is 4.74 Å². The van der Waals surface area contributed by atoms with Gasteiger partial charge in [0.05, 0.1) is 12.2 Å². The van der Waals surface area contributed by atoms with Gasteiger partial charge in [0.15, 0.2) is 0 Å². The minimum Gasteiger partial charge on any atom is -0.465 e. The van der Waals surface area contributed by atoms with Crippen LogP contribution in [0.2, 0.25) is 0 Å². The average molecular weight is 396 g/mol. The number of rotatable bonds is 4. The third kappa shape index (κ3) is 2.92. The Morgan fingerprint density at radius 2 is 1.62 bits per heavy atom. The van der Waals surface area contributed by atoms with Gasteiger partial charge in [-0.25, -0.2) is 0 Å². The van der Waals surface area contributed by atoms with E-state index in [1.54, 1.807) is 6.92 Å². The van der Waals surface area contributed by atoms with E-state index in [4.69, 9.17) is 4.74 Å². The van der Waals surface area contributed by atoms with Crippen molar-refractivity contribution in [1.29, 1.82) is 0 Å². The van der Waals surface area contributed by atoms with Gasteiger partial charge in [0, 0.05) is 0 Å². The molecule has 0 saturated carbocycles. The molecule has 1 unspecified atom stereocenters. The monoisotopic (exact) mass is 396 g/mol. The van der Waals surface area contributed by atoms with Gasteiger partial charge in [-0.05, 0) is 59.0 Å². The molecule has 0 amide bonds. The van der Waals surface area contributed by atoms with Crippen molar-refractivity contribution in [3.63, 3.8) is 0 Å². The number of fused-ring (bicyclic) bond motifs is 1. The predicted molar refractivity (Wildman–Crippen MR) is 106 cm³/mol. The molecule has 4 rings (SSSR count). The summed E-state index contributed by atoms with van der Waals surface area (Å²) < 4.78 is 44.3. The normalized spacial score (nSPS) is 18.8. The Labute approximate surface area is 166 Å². The first-order chi connectivity index (χ1) is 13.8. The van der Waals surface area contributed by atoms with Crippen molar-refractivity contribution >= 4 is 22.3 Å². The zero-order valence-electron chi connectivity index (χ0n) is 16.0. The molecule has 3 aromatic carbocycles. The second-order valence-electron chi connectivity index (χ2n) is 7.07. The average Bonchev–Trinajstić information content (AvgIpc) is 3.33. The Morgan fingerprint density at radius 1 is 0.966 bits per heavy atom. The minimum absolute atomic E-state index is 0.221. The molecular weight excluding hydrogens is 377 g/mol. The molecule has 5 heteroatoms. The highest BCUT2D eigenvalue weighted by atomic mass is 19.4. The summed E-state index contributed by atoms with van der Waals surface area (Å²) in [5.74, 6) is -0.399. The molecule has 0 N–H and O–H groups in total. The number of esters is 1. The van der Waals surface area contributed by atoms with Crippen LogP contribution in [0.3, 0.4) is 0 Å². The molecule has 0 saturated heterocycles. The highest BCUT2D eigenvalue weighted by molar-refractivity contribution is 6.17. The third-order valence-electron chi connectivity index (χ3n) is 5.53. The van der Waals surface area contributed by atoms with Crippen LogP contribution < -0.4 is 0 Å². The lowest BCUT2D eigenvalue weighted by molar-refractivity contribution is -0.145. The number of halogens is 3. The molecule has 148 valence electrons. The fourth-order valence-corrected chi connectivity index (χ4v) is 4.16. The van der Waals surface area contributed by atoms with Gasteiger partial charge in [0.25, 0.3) is 0 Å². The molecule has 1 aliphatic carbocycles. The smallest absolute Gasteiger partial charge is 0.416 e. The predicted octanol–water partition coefficient (Wildman–Crippen LogP) is 6.15. The molecule has 0 heterocycles. The first-order valence-corrected chi connectivity index (χ1v) is 9.36. The molecule has 0 bridgehead atoms. The van der Waals surface area contributed by atoms with E-state index in [1.165, 1.54) is 12.1 Å². The Hall–Kier alpha value is -3.08. The SMILES string of the molecule is CCOC(=O)C1(c2cccc3ccccc23)C(C)=C1c1ccc(C(F)(F)F)cc1. The summed E-state index contributed by atoms with van der Waals surface area (Å²) in [6.45, 7) is 3.80. The summed E-state index contributed by atoms with van der Waals surface area (Å²) in [6, 6.07) is 18.4. The molecule has 0 fully saturated rings. The van der Waals surface area contributed by atoms with Crippen LogP contribution in [0.4, 0.5) is 13.2 Å². The van der Waals surface area contributed by atoms with Crippen molar-refractivity contribution in [3.8, 4) is 0 Å². The van der Waals surface area contributed by atoms with Crippen LogP contribution in [0.5, 0.6) is 0 Å². The van der Waals surface area contributed by atoms with Gasteiger partial charge in [-0.15, -0.1) is 0 Å². The summed E-state index contributed by atoms with van der Waals surface area (Å²) in [7, 11) is 0. The van der Waals surface area contributed by atoms with E-state index in [2.05, 4.69) is 0 Å². The van der Waals surface area contributed by atoms with E-state index in [0.717, 1.165) is 34.0 Å². The zero-order valence-corrected chi connectivity index (χ0v) is 16.0. The van der Waals surface area contributed by atoms with Crippen molar-refractivity contribution in [2.24, 2.45) is 0 Å². The maximum atomic E-state index is 13.1. The largest absolute Gasteiger partial charge is 0.465 e. The molecule has 1 atom stereocenters. The molecule has 0 aliphatic heterocycles. The van der Waals surface area contributed by atoms with E-state index in [-0.39, 0.29) is 6.61 Å². The Morgan fingerprint density at radius 3 is 2.28 bits per heavy atom. The molecule has 0 radical (unpaired) electrons. The maximum absolute atomic E-state index is 13.1. The van der Waals surface area contributed by atoms with Gasteiger partial charge in [-0.3, -0.25) is 4.79 Å². The number of carbonyl (C=O) groups excluding carboxylic acids is 1. The summed E-state index contributed by atoms with van der Waals surface area (Å²) in [5.41, 5.74) is 1.11. The first kappa shape index (κ1) is 19.2. The summed E-state index contributed by atoms with van der Waals surface area (Å²) >= 11 is 0. The third-order valence-corrected chi connectivity index (χ3v) is 5.53. The van der Waals surface area contributed by atoms with Gasteiger partial charge in [0.2, 0.25) is 0 Å². The van der Waals surface area contributed by atoms with Crippen LogP contribution in [0, 0.1) is 0 Å². The van der Waals surface area contributed by atoms with Crippen LogP contribution in [-0.4, -0.2) is 12.6 Å². The standard InChI is InChI=1S/C24H19F3O2/c1-3-29-22(28)23(20-10-6-8-16-7-4-5-9-19(16)20)15(2)21(23)17-11-13-18(14-12-17)24(25,26)27/h4-14H,3H2,1-2H3. The number of ether oxygens (including phenoxy) is 1. The maximum Gasteiger partial charge on any atom is 0.416 e. The van der Waals surface area contributed by atoms with Crippen LogP contribution in [-0.2, 0) is 21.1 Å². The van der Waals surface area contributed by atoms with E-state index >= 15 is 0 Å². The number of alkyl halides is 3. The highest BCUT2D eigenvalue weighted by Gasteiger charge is 2.60. The van der Waals surface area contributed by atoms with Crippen LogP contribution in [0.25, 0.3) is 16.3 Å². The van der Waals surface area contributed by atoms with Gasteiger partial charge in [-0.2, -0.15) is 13.2 Å². The lowest BCUT2D eigenvalue weighted by atomic mass is 9.83. The fraction of sp³-hybridized carbons (Fsp3) is 0.208. The molecule has 0 aromatic heterocycles. The summed E-state index contributed by atoms with van der Waals surface area (Å²) in [6.07, 6.45) is -4.40. The quantitative estimate of drug-likeness (QED) is 0.495. The van der Waals surface area contributed by atoms with Gasteiger partial charge in [0.1, 0.15) is 5.41 Å². The number of carbonyl (C=O) groups is 1. The lowest BCUT2D eigenvalue weighted by Crippen LogP contribution is -2.28. The Bertz CT molecular complexity index is 1120. The number of benzene rings is 3. The first-order valence-electron chi connectivity index (χ1n) is 9.36. The number of hydrogen-bond acceptors (Lipinski definition) is 2. The van der Waals surface area contributed by atoms with E-state index in [0.29, 0.717) is 11.1 Å². The molecule has 2 nitrogen and oxygen atoms in total. The Kier molecular flexibility index (Phi) is 4.49. The van der Waals surface area contributed by atoms with E-state index < -0.39 is 23.1 Å². The molecular formula is C24H19F3O2. The summed E-state index contributed by atoms with van der Waals surface area (Å²) in [5, 5.41) is 1.91. The highest BCUT2D eigenvalue weighted by Crippen LogP contribution is 2.61. The topological polar surface area (TPSA) is 26.3 Å². The van der Waals surface area contributed by atoms with Gasteiger partial charge >= 0.3 is 12.1 Å². The fourth-order valence-electron chi connectivity index (χ4n) is 4.16. The van der Waals surface area contributed by atoms with Crippen LogP contribution >= 0.6 is 0 Å². The van der Waals surface area contributed by atoms with Crippen molar-refractivity contribution in [3.05, 3.63) is 89.0 Å². The second-order valence-corrected chi connectivity index (χ2v) is 7.07. The van der Waals surface area contributed by atoms with Gasteiger partial charge in [-0.1, -0.05) is 54.6 Å². The number of hydrogen-bond donors (Lipinski definition) is 0. The van der Waals surface area contributed by atoms with E-state index in [9.17, 15) is 18.0 Å². The summed E-state index contributed by atoms with van der Waals surface area (Å²) in [4.78, 5) is 13.1. The van der Waals surface area contributed by atoms with Crippen molar-refractivity contribution in [2.45, 2.75) is 25.4 Å². The van der Waals surface area contributed by atoms with Crippen molar-refractivity contribution < 1.29 is 22.7 Å². The van der Waals surface area contributed by atoms with E-state index in [1.807, 2.05) is 49.4 Å². The molecule has 1 aliphatic rings. The van der Waals surface area contributed by atoms with Crippen LogP contribution in [0.1, 0.15) is 30.5 Å². The van der Waals surface area contributed by atoms with Crippen LogP contribution in [0.15, 0.2) is 72.3 Å². The molecule has 0 spiro atoms. The van der Waals surface area contributed by atoms with Crippen molar-refractivity contribution in [1.82, 2.24) is 0 Å².